The number of fused-ring (bicyclic) bond motifs is 1. The summed E-state index contributed by atoms with van der Waals surface area (Å²) in [6.07, 6.45) is 0.641. The van der Waals surface area contributed by atoms with Gasteiger partial charge in [-0.2, -0.15) is 13.2 Å². The third-order valence-electron chi connectivity index (χ3n) is 9.70. The molecule has 0 bridgehead atoms. The highest BCUT2D eigenvalue weighted by molar-refractivity contribution is 6.10. The molecule has 10 heteroatoms. The Morgan fingerprint density at radius 1 is 1.12 bits per heavy atom. The van der Waals surface area contributed by atoms with E-state index >= 15 is 0 Å². The van der Waals surface area contributed by atoms with Crippen molar-refractivity contribution in [3.8, 4) is 0 Å². The molecule has 2 saturated heterocycles. The second-order valence-electron chi connectivity index (χ2n) is 12.2. The van der Waals surface area contributed by atoms with Gasteiger partial charge in [-0.3, -0.25) is 9.69 Å². The molecule has 0 radical (unpaired) electrons. The van der Waals surface area contributed by atoms with Crippen molar-refractivity contribution >= 4 is 11.6 Å². The first-order valence-corrected chi connectivity index (χ1v) is 13.9. The minimum absolute atomic E-state index is 0.0183. The van der Waals surface area contributed by atoms with Crippen LogP contribution in [-0.2, 0) is 36.5 Å². The molecular formula is C30H32F3N5O2. The molecule has 1 atom stereocenters. The number of hydrogen-bond acceptors (Lipinski definition) is 5. The van der Waals surface area contributed by atoms with E-state index in [4.69, 9.17) is 4.74 Å². The molecule has 7 rings (SSSR count). The van der Waals surface area contributed by atoms with Crippen molar-refractivity contribution in [3.63, 3.8) is 0 Å². The van der Waals surface area contributed by atoms with Gasteiger partial charge >= 0.3 is 6.18 Å². The van der Waals surface area contributed by atoms with Gasteiger partial charge in [0, 0.05) is 37.3 Å². The molecule has 1 aromatic heterocycles. The number of carbonyl (C=O) groups is 1. The predicted octanol–water partition coefficient (Wildman–Crippen LogP) is 5.05. The number of likely N-dealkylation sites (tertiary alicyclic amines) is 1. The number of ether oxygens (including phenoxy) is 1. The summed E-state index contributed by atoms with van der Waals surface area (Å²) in [5.41, 5.74) is 1.63. The number of carbonyl (C=O) groups excluding carboxylic acids is 1. The third kappa shape index (κ3) is 4.06. The molecule has 2 aromatic carbocycles. The lowest BCUT2D eigenvalue weighted by molar-refractivity contribution is -0.138. The molecule has 40 heavy (non-hydrogen) atoms. The van der Waals surface area contributed by atoms with Gasteiger partial charge in [-0.15, -0.1) is 10.2 Å². The minimum Gasteiger partial charge on any atom is -0.379 e. The van der Waals surface area contributed by atoms with Gasteiger partial charge in [-0.05, 0) is 72.2 Å². The number of benzene rings is 2. The topological polar surface area (TPSA) is 63.5 Å². The van der Waals surface area contributed by atoms with E-state index in [0.29, 0.717) is 36.4 Å². The van der Waals surface area contributed by atoms with Crippen molar-refractivity contribution in [2.24, 2.45) is 12.5 Å². The lowest BCUT2D eigenvalue weighted by atomic mass is 9.69. The van der Waals surface area contributed by atoms with Crippen LogP contribution in [-0.4, -0.2) is 51.9 Å². The number of alkyl halides is 3. The highest BCUT2D eigenvalue weighted by atomic mass is 19.4. The maximum Gasteiger partial charge on any atom is 0.416 e. The number of anilines is 1. The van der Waals surface area contributed by atoms with Crippen molar-refractivity contribution < 1.29 is 22.7 Å². The van der Waals surface area contributed by atoms with E-state index in [1.807, 2.05) is 29.8 Å². The Hall–Kier alpha value is -3.24. The second kappa shape index (κ2) is 8.88. The SMILES string of the molecule is CC(c1nncn1C)C1(c2cccc(N3Cc4c(cc(CN5CCC6(CC6)C5)cc4C(F)(F)F)C3=O)c2)COC1. The molecule has 0 N–H and O–H groups in total. The van der Waals surface area contributed by atoms with Gasteiger partial charge in [-0.25, -0.2) is 0 Å². The first kappa shape index (κ1) is 25.7. The number of amides is 1. The smallest absolute Gasteiger partial charge is 0.379 e. The molecule has 210 valence electrons. The Morgan fingerprint density at radius 2 is 1.93 bits per heavy atom. The van der Waals surface area contributed by atoms with Crippen molar-refractivity contribution in [2.75, 3.05) is 31.2 Å². The van der Waals surface area contributed by atoms with E-state index in [-0.39, 0.29) is 34.9 Å². The number of aromatic nitrogens is 3. The zero-order valence-corrected chi connectivity index (χ0v) is 22.7. The third-order valence-corrected chi connectivity index (χ3v) is 9.70. The van der Waals surface area contributed by atoms with E-state index < -0.39 is 11.7 Å². The molecule has 4 heterocycles. The Kier molecular flexibility index (Phi) is 5.71. The highest BCUT2D eigenvalue weighted by Crippen LogP contribution is 2.53. The lowest BCUT2D eigenvalue weighted by Gasteiger charge is -2.46. The minimum atomic E-state index is -4.54. The molecule has 3 aliphatic heterocycles. The number of halogens is 3. The van der Waals surface area contributed by atoms with Gasteiger partial charge in [0.25, 0.3) is 5.91 Å². The van der Waals surface area contributed by atoms with Gasteiger partial charge in [0.05, 0.1) is 30.7 Å². The lowest BCUT2D eigenvalue weighted by Crippen LogP contribution is -2.51. The van der Waals surface area contributed by atoms with E-state index in [2.05, 4.69) is 22.0 Å². The van der Waals surface area contributed by atoms with Gasteiger partial charge in [0.15, 0.2) is 0 Å². The molecule has 7 nitrogen and oxygen atoms in total. The molecule has 4 aliphatic rings. The molecule has 1 spiro atoms. The van der Waals surface area contributed by atoms with Crippen molar-refractivity contribution in [1.29, 1.82) is 0 Å². The highest BCUT2D eigenvalue weighted by Gasteiger charge is 2.49. The van der Waals surface area contributed by atoms with E-state index in [1.165, 1.54) is 23.8 Å². The first-order chi connectivity index (χ1) is 19.1. The maximum atomic E-state index is 14.3. The Balaban J connectivity index is 1.20. The predicted molar refractivity (Wildman–Crippen MR) is 142 cm³/mol. The Labute approximate surface area is 230 Å². The largest absolute Gasteiger partial charge is 0.416 e. The molecular weight excluding hydrogens is 519 g/mol. The summed E-state index contributed by atoms with van der Waals surface area (Å²) < 4.78 is 50.4. The fraction of sp³-hybridized carbons (Fsp3) is 0.500. The average molecular weight is 552 g/mol. The molecule has 1 saturated carbocycles. The molecule has 1 aliphatic carbocycles. The van der Waals surface area contributed by atoms with Crippen molar-refractivity contribution in [1.82, 2.24) is 19.7 Å². The van der Waals surface area contributed by atoms with Crippen LogP contribution < -0.4 is 4.90 Å². The second-order valence-corrected chi connectivity index (χ2v) is 12.2. The van der Waals surface area contributed by atoms with Crippen LogP contribution in [0, 0.1) is 5.41 Å². The summed E-state index contributed by atoms with van der Waals surface area (Å²) in [6.45, 7) is 5.19. The number of hydrogen-bond donors (Lipinski definition) is 0. The fourth-order valence-corrected chi connectivity index (χ4v) is 6.93. The zero-order chi connectivity index (χ0) is 27.9. The summed E-state index contributed by atoms with van der Waals surface area (Å²) in [6, 6.07) is 10.5. The van der Waals surface area contributed by atoms with Crippen LogP contribution in [0.2, 0.25) is 0 Å². The summed E-state index contributed by atoms with van der Waals surface area (Å²) in [5.74, 6) is 0.418. The van der Waals surface area contributed by atoms with E-state index in [1.54, 1.807) is 18.5 Å². The van der Waals surface area contributed by atoms with Crippen LogP contribution in [0.4, 0.5) is 18.9 Å². The summed E-state index contributed by atoms with van der Waals surface area (Å²) >= 11 is 0. The van der Waals surface area contributed by atoms with Gasteiger partial charge in [0.2, 0.25) is 0 Å². The van der Waals surface area contributed by atoms with Crippen LogP contribution in [0.1, 0.15) is 70.5 Å². The number of nitrogens with zero attached hydrogens (tertiary/aromatic N) is 5. The van der Waals surface area contributed by atoms with Crippen LogP contribution >= 0.6 is 0 Å². The Bertz CT molecular complexity index is 1490. The van der Waals surface area contributed by atoms with Crippen LogP contribution in [0.5, 0.6) is 0 Å². The van der Waals surface area contributed by atoms with Crippen molar-refractivity contribution in [2.45, 2.75) is 56.8 Å². The number of rotatable bonds is 6. The van der Waals surface area contributed by atoms with Crippen molar-refractivity contribution in [3.05, 3.63) is 76.4 Å². The summed E-state index contributed by atoms with van der Waals surface area (Å²) in [7, 11) is 1.90. The Morgan fingerprint density at radius 3 is 2.55 bits per heavy atom. The van der Waals surface area contributed by atoms with Gasteiger partial charge < -0.3 is 14.2 Å². The molecule has 3 fully saturated rings. The van der Waals surface area contributed by atoms with Crippen LogP contribution in [0.3, 0.4) is 0 Å². The normalized spacial score (nSPS) is 22.0. The van der Waals surface area contributed by atoms with Crippen LogP contribution in [0.15, 0.2) is 42.7 Å². The molecule has 1 unspecified atom stereocenters. The molecule has 3 aromatic rings. The summed E-state index contributed by atoms with van der Waals surface area (Å²) in [4.78, 5) is 17.4. The van der Waals surface area contributed by atoms with Gasteiger partial charge in [0.1, 0.15) is 12.2 Å². The first-order valence-electron chi connectivity index (χ1n) is 13.9. The average Bonchev–Trinajstić information content (AvgIpc) is 3.16. The quantitative estimate of drug-likeness (QED) is 0.429. The molecule has 1 amide bonds. The van der Waals surface area contributed by atoms with Gasteiger partial charge in [-0.1, -0.05) is 19.1 Å². The van der Waals surface area contributed by atoms with Crippen LogP contribution in [0.25, 0.3) is 0 Å². The monoisotopic (exact) mass is 551 g/mol. The zero-order valence-electron chi connectivity index (χ0n) is 22.7. The van der Waals surface area contributed by atoms with E-state index in [0.717, 1.165) is 30.9 Å². The summed E-state index contributed by atoms with van der Waals surface area (Å²) in [5, 5.41) is 8.32. The van der Waals surface area contributed by atoms with E-state index in [9.17, 15) is 18.0 Å². The fourth-order valence-electron chi connectivity index (χ4n) is 6.93. The maximum absolute atomic E-state index is 14.3. The standard InChI is InChI=1S/C30H32F3N5O2/c1-19(26-35-34-18-36(26)2)29(16-40-17-29)21-4-3-5-22(12-21)38-14-24-23(27(38)39)10-20(11-25(24)30(31,32)33)13-37-9-8-28(15-37)6-7-28/h3-5,10-12,18-19H,6-9,13-17H2,1-2H3. The number of aryl methyl sites for hydroxylation is 1.